The summed E-state index contributed by atoms with van der Waals surface area (Å²) in [5.74, 6) is 0.552. The van der Waals surface area contributed by atoms with E-state index in [0.29, 0.717) is 17.0 Å². The van der Waals surface area contributed by atoms with Crippen molar-refractivity contribution < 1.29 is 9.32 Å². The molecule has 0 aliphatic heterocycles. The fourth-order valence-corrected chi connectivity index (χ4v) is 1.92. The Hall–Kier alpha value is -2.61. The van der Waals surface area contributed by atoms with E-state index in [-0.39, 0.29) is 18.4 Å². The van der Waals surface area contributed by atoms with E-state index in [2.05, 4.69) is 16.5 Å². The number of nitrogens with zero attached hydrogens (tertiary/aromatic N) is 2. The van der Waals surface area contributed by atoms with Crippen LogP contribution in [0.2, 0.25) is 0 Å². The fourth-order valence-electron chi connectivity index (χ4n) is 1.92. The molecule has 5 heteroatoms. The summed E-state index contributed by atoms with van der Waals surface area (Å²) in [6, 6.07) is 10.8. The smallest absolute Gasteiger partial charge is 0.226 e. The number of aromatic nitrogens is 1. The molecule has 0 spiro atoms. The topological polar surface area (TPSA) is 78.9 Å². The fraction of sp³-hybridized carbons (Fsp3) is 0.267. The van der Waals surface area contributed by atoms with E-state index in [4.69, 9.17) is 9.78 Å². The number of rotatable bonds is 4. The molecular weight excluding hydrogens is 254 g/mol. The van der Waals surface area contributed by atoms with Crippen molar-refractivity contribution in [1.82, 2.24) is 10.5 Å². The largest absolute Gasteiger partial charge is 0.361 e. The van der Waals surface area contributed by atoms with Crippen LogP contribution >= 0.6 is 0 Å². The lowest BCUT2D eigenvalue weighted by Gasteiger charge is -2.14. The average molecular weight is 269 g/mol. The van der Waals surface area contributed by atoms with Crippen LogP contribution in [0.5, 0.6) is 0 Å². The van der Waals surface area contributed by atoms with Gasteiger partial charge in [0.15, 0.2) is 0 Å². The Bertz CT molecular complexity index is 655. The molecule has 0 bridgehead atoms. The van der Waals surface area contributed by atoms with Crippen molar-refractivity contribution in [2.75, 3.05) is 0 Å². The molecule has 1 heterocycles. The van der Waals surface area contributed by atoms with Crippen LogP contribution in [0.3, 0.4) is 0 Å². The minimum Gasteiger partial charge on any atom is -0.361 e. The highest BCUT2D eigenvalue weighted by Gasteiger charge is 2.12. The highest BCUT2D eigenvalue weighted by atomic mass is 16.5. The van der Waals surface area contributed by atoms with Gasteiger partial charge in [0.05, 0.1) is 29.8 Å². The van der Waals surface area contributed by atoms with Crippen molar-refractivity contribution in [3.8, 4) is 6.07 Å². The summed E-state index contributed by atoms with van der Waals surface area (Å²) in [6.07, 6.45) is 0.180. The van der Waals surface area contributed by atoms with Gasteiger partial charge in [0, 0.05) is 6.07 Å². The maximum atomic E-state index is 11.9. The molecule has 1 N–H and O–H groups in total. The SMILES string of the molecule is Cc1cc(CC(=O)N[C@H](C)c2cccc(C#N)c2)no1. The second-order valence-electron chi connectivity index (χ2n) is 4.63. The minimum absolute atomic E-state index is 0.131. The van der Waals surface area contributed by atoms with Gasteiger partial charge in [-0.2, -0.15) is 5.26 Å². The van der Waals surface area contributed by atoms with Gasteiger partial charge in [-0.1, -0.05) is 17.3 Å². The van der Waals surface area contributed by atoms with Crippen molar-refractivity contribution in [3.63, 3.8) is 0 Å². The zero-order valence-corrected chi connectivity index (χ0v) is 11.4. The summed E-state index contributed by atoms with van der Waals surface area (Å²) in [4.78, 5) is 11.9. The first-order valence-electron chi connectivity index (χ1n) is 6.30. The van der Waals surface area contributed by atoms with Crippen LogP contribution in [0.25, 0.3) is 0 Å². The van der Waals surface area contributed by atoms with Gasteiger partial charge >= 0.3 is 0 Å². The number of carbonyl (C=O) groups excluding carboxylic acids is 1. The first-order valence-corrected chi connectivity index (χ1v) is 6.30. The molecule has 20 heavy (non-hydrogen) atoms. The van der Waals surface area contributed by atoms with Gasteiger partial charge in [-0.25, -0.2) is 0 Å². The molecule has 1 aromatic carbocycles. The molecule has 102 valence electrons. The molecule has 2 aromatic rings. The zero-order valence-electron chi connectivity index (χ0n) is 11.4. The number of amides is 1. The van der Waals surface area contributed by atoms with E-state index in [1.54, 1.807) is 31.2 Å². The number of hydrogen-bond acceptors (Lipinski definition) is 4. The molecule has 0 fully saturated rings. The van der Waals surface area contributed by atoms with Crippen LogP contribution in [-0.2, 0) is 11.2 Å². The Balaban J connectivity index is 1.98. The number of carbonyl (C=O) groups is 1. The number of hydrogen-bond donors (Lipinski definition) is 1. The third-order valence-corrected chi connectivity index (χ3v) is 2.91. The number of aryl methyl sites for hydroxylation is 1. The van der Waals surface area contributed by atoms with Crippen LogP contribution in [0.1, 0.15) is 35.5 Å². The predicted octanol–water partition coefficient (Wildman–Crippen LogP) is 2.27. The summed E-state index contributed by atoms with van der Waals surface area (Å²) in [7, 11) is 0. The van der Waals surface area contributed by atoms with Gasteiger partial charge < -0.3 is 9.84 Å². The Kier molecular flexibility index (Phi) is 4.16. The summed E-state index contributed by atoms with van der Waals surface area (Å²) in [6.45, 7) is 3.66. The second-order valence-corrected chi connectivity index (χ2v) is 4.63. The average Bonchev–Trinajstić information content (AvgIpc) is 2.83. The Morgan fingerprint density at radius 1 is 1.50 bits per heavy atom. The molecule has 0 radical (unpaired) electrons. The summed E-state index contributed by atoms with van der Waals surface area (Å²) < 4.78 is 4.92. The third-order valence-electron chi connectivity index (χ3n) is 2.91. The highest BCUT2D eigenvalue weighted by molar-refractivity contribution is 5.78. The van der Waals surface area contributed by atoms with E-state index in [9.17, 15) is 4.79 Å². The summed E-state index contributed by atoms with van der Waals surface area (Å²) >= 11 is 0. The number of benzene rings is 1. The van der Waals surface area contributed by atoms with Gasteiger partial charge in [-0.15, -0.1) is 0 Å². The quantitative estimate of drug-likeness (QED) is 0.923. The lowest BCUT2D eigenvalue weighted by molar-refractivity contribution is -0.121. The van der Waals surface area contributed by atoms with Crippen LogP contribution in [0.4, 0.5) is 0 Å². The molecule has 0 saturated carbocycles. The number of nitrogens with one attached hydrogen (secondary N) is 1. The van der Waals surface area contributed by atoms with E-state index >= 15 is 0 Å². The van der Waals surface area contributed by atoms with Crippen LogP contribution < -0.4 is 5.32 Å². The van der Waals surface area contributed by atoms with Gasteiger partial charge in [-0.3, -0.25) is 4.79 Å². The van der Waals surface area contributed by atoms with Gasteiger partial charge in [-0.05, 0) is 31.5 Å². The Labute approximate surface area is 117 Å². The van der Waals surface area contributed by atoms with Crippen molar-refractivity contribution in [1.29, 1.82) is 5.26 Å². The predicted molar refractivity (Wildman–Crippen MR) is 72.7 cm³/mol. The molecule has 0 unspecified atom stereocenters. The van der Waals surface area contributed by atoms with Crippen molar-refractivity contribution >= 4 is 5.91 Å². The first kappa shape index (κ1) is 13.8. The molecule has 0 aliphatic rings. The van der Waals surface area contributed by atoms with Crippen LogP contribution in [-0.4, -0.2) is 11.1 Å². The lowest BCUT2D eigenvalue weighted by atomic mass is 10.1. The van der Waals surface area contributed by atoms with Crippen LogP contribution in [0.15, 0.2) is 34.9 Å². The minimum atomic E-state index is -0.163. The monoisotopic (exact) mass is 269 g/mol. The zero-order chi connectivity index (χ0) is 14.5. The van der Waals surface area contributed by atoms with Crippen molar-refractivity contribution in [2.45, 2.75) is 26.3 Å². The number of nitriles is 1. The van der Waals surface area contributed by atoms with Gasteiger partial charge in [0.2, 0.25) is 5.91 Å². The second kappa shape index (κ2) is 6.02. The summed E-state index contributed by atoms with van der Waals surface area (Å²) in [5.41, 5.74) is 2.09. The third kappa shape index (κ3) is 3.45. The molecular formula is C15H15N3O2. The molecule has 5 nitrogen and oxygen atoms in total. The molecule has 0 aliphatic carbocycles. The van der Waals surface area contributed by atoms with E-state index in [1.165, 1.54) is 0 Å². The lowest BCUT2D eigenvalue weighted by Crippen LogP contribution is -2.28. The van der Waals surface area contributed by atoms with Gasteiger partial charge in [0.25, 0.3) is 0 Å². The molecule has 0 saturated heterocycles. The van der Waals surface area contributed by atoms with Crippen LogP contribution in [0, 0.1) is 18.3 Å². The van der Waals surface area contributed by atoms with E-state index in [1.807, 2.05) is 13.0 Å². The summed E-state index contributed by atoms with van der Waals surface area (Å²) in [5, 5.41) is 15.5. The van der Waals surface area contributed by atoms with E-state index in [0.717, 1.165) is 5.56 Å². The molecule has 1 atom stereocenters. The highest BCUT2D eigenvalue weighted by Crippen LogP contribution is 2.14. The normalized spacial score (nSPS) is 11.7. The van der Waals surface area contributed by atoms with Crippen molar-refractivity contribution in [2.24, 2.45) is 0 Å². The molecule has 1 aromatic heterocycles. The Morgan fingerprint density at radius 2 is 2.30 bits per heavy atom. The van der Waals surface area contributed by atoms with E-state index < -0.39 is 0 Å². The maximum absolute atomic E-state index is 11.9. The molecule has 2 rings (SSSR count). The first-order chi connectivity index (χ1) is 9.58. The molecule has 1 amide bonds. The van der Waals surface area contributed by atoms with Gasteiger partial charge in [0.1, 0.15) is 5.76 Å². The maximum Gasteiger partial charge on any atom is 0.226 e. The standard InChI is InChI=1S/C15H15N3O2/c1-10-6-14(18-20-10)8-15(19)17-11(2)13-5-3-4-12(7-13)9-16/h3-7,11H,8H2,1-2H3,(H,17,19)/t11-/m1/s1. The van der Waals surface area contributed by atoms with Crippen molar-refractivity contribution in [3.05, 3.63) is 52.9 Å². The Morgan fingerprint density at radius 3 is 2.95 bits per heavy atom.